The van der Waals surface area contributed by atoms with Crippen LogP contribution in [0.25, 0.3) is 12.2 Å². The number of hydrogen-bond acceptors (Lipinski definition) is 4. The van der Waals surface area contributed by atoms with Gasteiger partial charge in [-0.15, -0.1) is 0 Å². The topological polar surface area (TPSA) is 58.9 Å². The van der Waals surface area contributed by atoms with Crippen molar-refractivity contribution in [1.29, 1.82) is 0 Å². The highest BCUT2D eigenvalue weighted by Crippen LogP contribution is 2.29. The molecule has 2 aromatic carbocycles. The summed E-state index contributed by atoms with van der Waals surface area (Å²) in [6.45, 7) is 0. The average molecular weight is 272 g/mol. The van der Waals surface area contributed by atoms with Gasteiger partial charge in [-0.3, -0.25) is 0 Å². The molecule has 4 heteroatoms. The van der Waals surface area contributed by atoms with E-state index in [1.807, 2.05) is 24.3 Å². The van der Waals surface area contributed by atoms with Crippen LogP contribution in [0.2, 0.25) is 0 Å². The van der Waals surface area contributed by atoms with Crippen LogP contribution >= 0.6 is 0 Å². The van der Waals surface area contributed by atoms with Crippen LogP contribution in [0.4, 0.5) is 0 Å². The van der Waals surface area contributed by atoms with Gasteiger partial charge in [0.05, 0.1) is 14.2 Å². The zero-order chi connectivity index (χ0) is 14.5. The van der Waals surface area contributed by atoms with Crippen molar-refractivity contribution in [1.82, 2.24) is 0 Å². The summed E-state index contributed by atoms with van der Waals surface area (Å²) in [4.78, 5) is 0. The standard InChI is InChI=1S/C16H16O4/c1-19-15-7-5-11(9-13(15)17)3-4-12-6-8-16(20-2)14(18)10-12/h3-10,17-18H,1-2H3/b4-3+. The molecule has 0 radical (unpaired) electrons. The van der Waals surface area contributed by atoms with Crippen LogP contribution in [0.3, 0.4) is 0 Å². The minimum absolute atomic E-state index is 0.0900. The van der Waals surface area contributed by atoms with Crippen LogP contribution in [0.15, 0.2) is 36.4 Å². The van der Waals surface area contributed by atoms with Crippen molar-refractivity contribution in [2.45, 2.75) is 0 Å². The Morgan fingerprint density at radius 1 is 0.750 bits per heavy atom. The van der Waals surface area contributed by atoms with Crippen LogP contribution in [-0.2, 0) is 0 Å². The Labute approximate surface area is 117 Å². The summed E-state index contributed by atoms with van der Waals surface area (Å²) in [6, 6.07) is 10.3. The number of benzene rings is 2. The summed E-state index contributed by atoms with van der Waals surface area (Å²) in [5, 5.41) is 19.4. The van der Waals surface area contributed by atoms with Gasteiger partial charge in [-0.25, -0.2) is 0 Å². The lowest BCUT2D eigenvalue weighted by atomic mass is 10.1. The fraction of sp³-hybridized carbons (Fsp3) is 0.125. The molecule has 0 unspecified atom stereocenters. The number of rotatable bonds is 4. The molecule has 20 heavy (non-hydrogen) atoms. The molecule has 0 aliphatic heterocycles. The highest BCUT2D eigenvalue weighted by Gasteiger charge is 2.02. The maximum absolute atomic E-state index is 9.69. The zero-order valence-electron chi connectivity index (χ0n) is 11.3. The minimum atomic E-state index is 0.0900. The minimum Gasteiger partial charge on any atom is -0.504 e. The predicted octanol–water partition coefficient (Wildman–Crippen LogP) is 3.29. The fourth-order valence-corrected chi connectivity index (χ4v) is 1.81. The van der Waals surface area contributed by atoms with Gasteiger partial charge in [0.15, 0.2) is 23.0 Å². The molecule has 0 saturated carbocycles. The second kappa shape index (κ2) is 6.02. The van der Waals surface area contributed by atoms with Gasteiger partial charge >= 0.3 is 0 Å². The summed E-state index contributed by atoms with van der Waals surface area (Å²) in [6.07, 6.45) is 3.67. The number of hydrogen-bond donors (Lipinski definition) is 2. The molecule has 0 spiro atoms. The van der Waals surface area contributed by atoms with E-state index < -0.39 is 0 Å². The van der Waals surface area contributed by atoms with Crippen LogP contribution in [0.1, 0.15) is 11.1 Å². The summed E-state index contributed by atoms with van der Waals surface area (Å²) in [7, 11) is 3.01. The van der Waals surface area contributed by atoms with Gasteiger partial charge < -0.3 is 19.7 Å². The number of ether oxygens (including phenoxy) is 2. The smallest absolute Gasteiger partial charge is 0.160 e. The quantitative estimate of drug-likeness (QED) is 0.838. The Kier molecular flexibility index (Phi) is 4.15. The molecule has 0 atom stereocenters. The summed E-state index contributed by atoms with van der Waals surface area (Å²) < 4.78 is 9.97. The van der Waals surface area contributed by atoms with Crippen molar-refractivity contribution < 1.29 is 19.7 Å². The van der Waals surface area contributed by atoms with Crippen molar-refractivity contribution in [3.8, 4) is 23.0 Å². The molecule has 0 aliphatic carbocycles. The van der Waals surface area contributed by atoms with Gasteiger partial charge in [0.1, 0.15) is 0 Å². The van der Waals surface area contributed by atoms with Crippen LogP contribution in [0, 0.1) is 0 Å². The van der Waals surface area contributed by atoms with Crippen molar-refractivity contribution >= 4 is 12.2 Å². The largest absolute Gasteiger partial charge is 0.504 e. The Hall–Kier alpha value is -2.62. The van der Waals surface area contributed by atoms with E-state index in [0.717, 1.165) is 11.1 Å². The zero-order valence-corrected chi connectivity index (χ0v) is 11.3. The predicted molar refractivity (Wildman–Crippen MR) is 78.2 cm³/mol. The third-order valence-electron chi connectivity index (χ3n) is 2.87. The van der Waals surface area contributed by atoms with Gasteiger partial charge in [0.25, 0.3) is 0 Å². The van der Waals surface area contributed by atoms with Gasteiger partial charge in [-0.05, 0) is 35.4 Å². The highest BCUT2D eigenvalue weighted by molar-refractivity contribution is 5.72. The van der Waals surface area contributed by atoms with Gasteiger partial charge in [0.2, 0.25) is 0 Å². The van der Waals surface area contributed by atoms with Crippen LogP contribution in [0.5, 0.6) is 23.0 Å². The number of methoxy groups -OCH3 is 2. The van der Waals surface area contributed by atoms with E-state index in [0.29, 0.717) is 11.5 Å². The third-order valence-corrected chi connectivity index (χ3v) is 2.87. The van der Waals surface area contributed by atoms with Crippen molar-refractivity contribution in [2.75, 3.05) is 14.2 Å². The lowest BCUT2D eigenvalue weighted by Gasteiger charge is -2.04. The molecule has 0 heterocycles. The van der Waals surface area contributed by atoms with Crippen molar-refractivity contribution in [3.63, 3.8) is 0 Å². The molecule has 0 bridgehead atoms. The summed E-state index contributed by atoms with van der Waals surface area (Å²) in [5.41, 5.74) is 1.66. The molecule has 0 aromatic heterocycles. The third kappa shape index (κ3) is 3.03. The SMILES string of the molecule is COc1ccc(/C=C/c2ccc(OC)c(O)c2)cc1O. The summed E-state index contributed by atoms with van der Waals surface area (Å²) in [5.74, 6) is 1.05. The van der Waals surface area contributed by atoms with E-state index >= 15 is 0 Å². The maximum atomic E-state index is 9.69. The Morgan fingerprint density at radius 2 is 1.15 bits per heavy atom. The fourth-order valence-electron chi connectivity index (χ4n) is 1.81. The van der Waals surface area contributed by atoms with Gasteiger partial charge in [-0.1, -0.05) is 24.3 Å². The van der Waals surface area contributed by atoms with Gasteiger partial charge in [-0.2, -0.15) is 0 Å². The highest BCUT2D eigenvalue weighted by atomic mass is 16.5. The molecule has 2 aromatic rings. The average Bonchev–Trinajstić information content (AvgIpc) is 2.45. The van der Waals surface area contributed by atoms with Crippen molar-refractivity contribution in [2.24, 2.45) is 0 Å². The van der Waals surface area contributed by atoms with E-state index in [2.05, 4.69) is 0 Å². The van der Waals surface area contributed by atoms with Crippen molar-refractivity contribution in [3.05, 3.63) is 47.5 Å². The molecule has 0 aliphatic rings. The Bertz CT molecular complexity index is 577. The molecular formula is C16H16O4. The van der Waals surface area contributed by atoms with E-state index in [1.54, 1.807) is 24.3 Å². The van der Waals surface area contributed by atoms with E-state index in [1.165, 1.54) is 14.2 Å². The monoisotopic (exact) mass is 272 g/mol. The van der Waals surface area contributed by atoms with E-state index in [9.17, 15) is 10.2 Å². The van der Waals surface area contributed by atoms with Gasteiger partial charge in [0, 0.05) is 0 Å². The van der Waals surface area contributed by atoms with Crippen LogP contribution in [-0.4, -0.2) is 24.4 Å². The Morgan fingerprint density at radius 3 is 1.45 bits per heavy atom. The molecule has 0 fully saturated rings. The molecule has 104 valence electrons. The number of aromatic hydroxyl groups is 2. The molecule has 4 nitrogen and oxygen atoms in total. The molecule has 2 N–H and O–H groups in total. The number of phenolic OH excluding ortho intramolecular Hbond substituents is 2. The Balaban J connectivity index is 2.20. The second-order valence-corrected chi connectivity index (χ2v) is 4.20. The van der Waals surface area contributed by atoms with E-state index in [-0.39, 0.29) is 11.5 Å². The van der Waals surface area contributed by atoms with E-state index in [4.69, 9.17) is 9.47 Å². The maximum Gasteiger partial charge on any atom is 0.160 e. The molecule has 0 amide bonds. The molecule has 2 rings (SSSR count). The first-order valence-electron chi connectivity index (χ1n) is 6.06. The first-order valence-corrected chi connectivity index (χ1v) is 6.06. The molecule has 0 saturated heterocycles. The molecular weight excluding hydrogens is 256 g/mol. The first-order chi connectivity index (χ1) is 9.63. The number of phenols is 2. The first kappa shape index (κ1) is 13.8. The lowest BCUT2D eigenvalue weighted by molar-refractivity contribution is 0.373. The van der Waals surface area contributed by atoms with Crippen LogP contribution < -0.4 is 9.47 Å². The normalized spacial score (nSPS) is 10.7. The lowest BCUT2D eigenvalue weighted by Crippen LogP contribution is -1.84. The summed E-state index contributed by atoms with van der Waals surface area (Å²) >= 11 is 0. The second-order valence-electron chi connectivity index (χ2n) is 4.20.